The van der Waals surface area contributed by atoms with Gasteiger partial charge in [0.2, 0.25) is 0 Å². The number of halogens is 2. The van der Waals surface area contributed by atoms with E-state index < -0.39 is 15.7 Å². The van der Waals surface area contributed by atoms with Gasteiger partial charge in [-0.15, -0.1) is 24.0 Å². The third kappa shape index (κ3) is 6.91. The summed E-state index contributed by atoms with van der Waals surface area (Å²) in [5.74, 6) is -0.183. The molecule has 0 aliphatic rings. The molecule has 126 valence electrons. The molecular weight excluding hydrogens is 420 g/mol. The van der Waals surface area contributed by atoms with Crippen LogP contribution in [0, 0.1) is 5.82 Å². The number of guanidine groups is 1. The van der Waals surface area contributed by atoms with Crippen LogP contribution in [-0.4, -0.2) is 38.6 Å². The molecule has 0 bridgehead atoms. The lowest BCUT2D eigenvalue weighted by Crippen LogP contribution is -2.37. The number of nitrogens with two attached hydrogens (primary N) is 1. The van der Waals surface area contributed by atoms with E-state index in [1.165, 1.54) is 18.2 Å². The van der Waals surface area contributed by atoms with E-state index in [0.717, 1.165) is 19.3 Å². The normalized spacial score (nSPS) is 11.9. The Labute approximate surface area is 148 Å². The van der Waals surface area contributed by atoms with E-state index in [-0.39, 0.29) is 36.3 Å². The molecule has 0 spiro atoms. The fourth-order valence-corrected chi connectivity index (χ4v) is 2.83. The van der Waals surface area contributed by atoms with Crippen LogP contribution in [0.15, 0.2) is 23.2 Å². The Morgan fingerprint density at radius 2 is 1.86 bits per heavy atom. The minimum absolute atomic E-state index is 0. The second-order valence-corrected chi connectivity index (χ2v) is 6.97. The maximum atomic E-state index is 13.4. The van der Waals surface area contributed by atoms with Crippen molar-refractivity contribution in [2.45, 2.75) is 26.1 Å². The first-order valence-corrected chi connectivity index (χ1v) is 8.82. The van der Waals surface area contributed by atoms with Crippen molar-refractivity contribution in [1.82, 2.24) is 4.90 Å². The van der Waals surface area contributed by atoms with E-state index in [1.54, 1.807) is 0 Å². The van der Waals surface area contributed by atoms with E-state index in [2.05, 4.69) is 4.99 Å². The van der Waals surface area contributed by atoms with Gasteiger partial charge in [0.05, 0.1) is 12.3 Å². The Balaban J connectivity index is 0.00000441. The number of nitrogens with zero attached hydrogens (tertiary/aromatic N) is 2. The molecule has 0 unspecified atom stereocenters. The summed E-state index contributed by atoms with van der Waals surface area (Å²) >= 11 is 0. The number of hydrogen-bond donors (Lipinski definition) is 1. The number of sulfone groups is 1. The summed E-state index contributed by atoms with van der Waals surface area (Å²) in [5.41, 5.74) is 6.95. The van der Waals surface area contributed by atoms with Gasteiger partial charge in [-0.1, -0.05) is 6.07 Å². The molecule has 1 aromatic rings. The summed E-state index contributed by atoms with van der Waals surface area (Å²) in [5, 5.41) is 0. The third-order valence-electron chi connectivity index (χ3n) is 3.08. The summed E-state index contributed by atoms with van der Waals surface area (Å²) in [6.07, 6.45) is 1.15. The number of benzene rings is 1. The molecule has 8 heteroatoms. The molecule has 0 aliphatic carbocycles. The van der Waals surface area contributed by atoms with Gasteiger partial charge in [-0.2, -0.15) is 0 Å². The first-order valence-electron chi connectivity index (χ1n) is 6.76. The van der Waals surface area contributed by atoms with Gasteiger partial charge in [0.15, 0.2) is 15.8 Å². The standard InChI is InChI=1S/C14H22FN3O2S.HI/c1-4-18(5-2)14(16)17-9-12-8-13(15)7-6-11(12)10-21(3,19)20;/h6-8H,4-5,9-10H2,1-3H3,(H2,16,17);1H. The van der Waals surface area contributed by atoms with Gasteiger partial charge < -0.3 is 10.6 Å². The van der Waals surface area contributed by atoms with Crippen LogP contribution in [0.2, 0.25) is 0 Å². The molecular formula is C14H23FIN3O2S. The second-order valence-electron chi connectivity index (χ2n) is 4.83. The molecule has 0 aromatic heterocycles. The SMILES string of the molecule is CCN(CC)C(N)=NCc1cc(F)ccc1CS(C)(=O)=O.I. The summed E-state index contributed by atoms with van der Waals surface area (Å²) in [6.45, 7) is 5.54. The highest BCUT2D eigenvalue weighted by Gasteiger charge is 2.11. The molecule has 0 atom stereocenters. The zero-order valence-electron chi connectivity index (χ0n) is 13.0. The van der Waals surface area contributed by atoms with Gasteiger partial charge in [0.25, 0.3) is 0 Å². The Morgan fingerprint density at radius 1 is 1.27 bits per heavy atom. The molecule has 5 nitrogen and oxygen atoms in total. The van der Waals surface area contributed by atoms with Gasteiger partial charge in [-0.3, -0.25) is 0 Å². The number of hydrogen-bond acceptors (Lipinski definition) is 3. The molecule has 0 saturated carbocycles. The molecule has 2 N–H and O–H groups in total. The molecule has 0 amide bonds. The fraction of sp³-hybridized carbons (Fsp3) is 0.500. The second kappa shape index (κ2) is 9.29. The Kier molecular flexibility index (Phi) is 8.91. The highest BCUT2D eigenvalue weighted by molar-refractivity contribution is 14.0. The Hall–Kier alpha value is -0.900. The van der Waals surface area contributed by atoms with Gasteiger partial charge in [0, 0.05) is 19.3 Å². The maximum absolute atomic E-state index is 13.4. The van der Waals surface area contributed by atoms with E-state index >= 15 is 0 Å². The van der Waals surface area contributed by atoms with E-state index in [1.807, 2.05) is 18.7 Å². The van der Waals surface area contributed by atoms with Crippen molar-refractivity contribution in [3.05, 3.63) is 35.1 Å². The minimum atomic E-state index is -3.19. The summed E-state index contributed by atoms with van der Waals surface area (Å²) < 4.78 is 36.2. The van der Waals surface area contributed by atoms with Gasteiger partial charge in [-0.25, -0.2) is 17.8 Å². The van der Waals surface area contributed by atoms with Crippen LogP contribution >= 0.6 is 24.0 Å². The highest BCUT2D eigenvalue weighted by atomic mass is 127. The quantitative estimate of drug-likeness (QED) is 0.416. The van der Waals surface area contributed by atoms with Crippen molar-refractivity contribution in [1.29, 1.82) is 0 Å². The minimum Gasteiger partial charge on any atom is -0.370 e. The summed E-state index contributed by atoms with van der Waals surface area (Å²) in [6, 6.07) is 4.04. The van der Waals surface area contributed by atoms with Crippen LogP contribution in [-0.2, 0) is 22.1 Å². The lowest BCUT2D eigenvalue weighted by Gasteiger charge is -2.19. The number of aliphatic imine (C=N–C) groups is 1. The molecule has 22 heavy (non-hydrogen) atoms. The molecule has 0 heterocycles. The van der Waals surface area contributed by atoms with Crippen molar-refractivity contribution in [3.63, 3.8) is 0 Å². The molecule has 0 radical (unpaired) electrons. The topological polar surface area (TPSA) is 75.8 Å². The van der Waals surface area contributed by atoms with Crippen LogP contribution in [0.3, 0.4) is 0 Å². The van der Waals surface area contributed by atoms with Crippen LogP contribution in [0.4, 0.5) is 4.39 Å². The lowest BCUT2D eigenvalue weighted by molar-refractivity contribution is 0.458. The van der Waals surface area contributed by atoms with Crippen molar-refractivity contribution in [2.75, 3.05) is 19.3 Å². The lowest BCUT2D eigenvalue weighted by atomic mass is 10.1. The van der Waals surface area contributed by atoms with Crippen molar-refractivity contribution in [2.24, 2.45) is 10.7 Å². The van der Waals surface area contributed by atoms with E-state index in [9.17, 15) is 12.8 Å². The Morgan fingerprint density at radius 3 is 2.36 bits per heavy atom. The average Bonchev–Trinajstić information content (AvgIpc) is 2.39. The van der Waals surface area contributed by atoms with Crippen LogP contribution in [0.5, 0.6) is 0 Å². The predicted octanol–water partition coefficient (Wildman–Crippen LogP) is 2.14. The van der Waals surface area contributed by atoms with Crippen molar-refractivity contribution < 1.29 is 12.8 Å². The Bertz CT molecular complexity index is 617. The predicted molar refractivity (Wildman–Crippen MR) is 98.6 cm³/mol. The van der Waals surface area contributed by atoms with Crippen molar-refractivity contribution >= 4 is 39.8 Å². The first-order chi connectivity index (χ1) is 9.76. The number of rotatable bonds is 6. The third-order valence-corrected chi connectivity index (χ3v) is 3.92. The largest absolute Gasteiger partial charge is 0.370 e. The first kappa shape index (κ1) is 21.1. The summed E-state index contributed by atoms with van der Waals surface area (Å²) in [7, 11) is -3.19. The molecule has 0 aliphatic heterocycles. The van der Waals surface area contributed by atoms with Gasteiger partial charge in [-0.05, 0) is 37.1 Å². The molecule has 0 fully saturated rings. The van der Waals surface area contributed by atoms with Gasteiger partial charge in [0.1, 0.15) is 5.82 Å². The van der Waals surface area contributed by atoms with E-state index in [4.69, 9.17) is 5.73 Å². The zero-order chi connectivity index (χ0) is 16.0. The van der Waals surface area contributed by atoms with E-state index in [0.29, 0.717) is 17.1 Å². The van der Waals surface area contributed by atoms with Crippen LogP contribution in [0.25, 0.3) is 0 Å². The smallest absolute Gasteiger partial charge is 0.191 e. The average molecular weight is 443 g/mol. The zero-order valence-corrected chi connectivity index (χ0v) is 16.2. The maximum Gasteiger partial charge on any atom is 0.191 e. The van der Waals surface area contributed by atoms with Crippen molar-refractivity contribution in [3.8, 4) is 0 Å². The van der Waals surface area contributed by atoms with Gasteiger partial charge >= 0.3 is 0 Å². The monoisotopic (exact) mass is 443 g/mol. The van der Waals surface area contributed by atoms with Crippen LogP contribution < -0.4 is 5.73 Å². The molecule has 0 saturated heterocycles. The highest BCUT2D eigenvalue weighted by Crippen LogP contribution is 2.15. The summed E-state index contributed by atoms with van der Waals surface area (Å²) in [4.78, 5) is 6.10. The van der Waals surface area contributed by atoms with Crippen LogP contribution in [0.1, 0.15) is 25.0 Å². The molecule has 1 rings (SSSR count). The molecule has 1 aromatic carbocycles. The fourth-order valence-electron chi connectivity index (χ4n) is 1.98.